The van der Waals surface area contributed by atoms with Crippen molar-refractivity contribution in [2.45, 2.75) is 110 Å². The highest BCUT2D eigenvalue weighted by molar-refractivity contribution is 7.78. The van der Waals surface area contributed by atoms with E-state index >= 15 is 0 Å². The van der Waals surface area contributed by atoms with Crippen LogP contribution in [0.5, 0.6) is 0 Å². The summed E-state index contributed by atoms with van der Waals surface area (Å²) in [4.78, 5) is 0. The Balaban J connectivity index is 3.73. The summed E-state index contributed by atoms with van der Waals surface area (Å²) in [5.74, 6) is 0. The van der Waals surface area contributed by atoms with E-state index in [4.69, 9.17) is 4.55 Å². The number of nitrogens with zero attached hydrogens (tertiary/aromatic N) is 1. The third-order valence-corrected chi connectivity index (χ3v) is 4.51. The maximum Gasteiger partial charge on any atom is 0.281 e. The van der Waals surface area contributed by atoms with Crippen molar-refractivity contribution in [1.82, 2.24) is 0 Å². The van der Waals surface area contributed by atoms with Gasteiger partial charge >= 0.3 is 0 Å². The van der Waals surface area contributed by atoms with Crippen molar-refractivity contribution < 1.29 is 8.76 Å². The highest BCUT2D eigenvalue weighted by atomic mass is 32.2. The van der Waals surface area contributed by atoms with Crippen molar-refractivity contribution in [2.75, 3.05) is 0 Å². The van der Waals surface area contributed by atoms with Gasteiger partial charge in [-0.15, -0.1) is 0 Å². The summed E-state index contributed by atoms with van der Waals surface area (Å²) in [7, 11) is 0. The summed E-state index contributed by atoms with van der Waals surface area (Å²) >= 11 is -2.03. The van der Waals surface area contributed by atoms with Crippen molar-refractivity contribution in [3.8, 4) is 0 Å². The largest absolute Gasteiger partial charge is 0.288 e. The maximum atomic E-state index is 10.9. The molecule has 0 aliphatic carbocycles. The predicted molar refractivity (Wildman–Crippen MR) is 98.8 cm³/mol. The quantitative estimate of drug-likeness (QED) is 0.200. The molecule has 1 unspecified atom stereocenters. The van der Waals surface area contributed by atoms with Crippen LogP contribution in [0.25, 0.3) is 0 Å². The van der Waals surface area contributed by atoms with E-state index < -0.39 is 11.3 Å². The van der Waals surface area contributed by atoms with Crippen LogP contribution in [0.15, 0.2) is 4.40 Å². The molecule has 0 aromatic carbocycles. The summed E-state index contributed by atoms with van der Waals surface area (Å²) in [5.41, 5.74) is 0.949. The second kappa shape index (κ2) is 17.1. The lowest BCUT2D eigenvalue weighted by Crippen LogP contribution is -2.01. The Morgan fingerprint density at radius 2 is 1.09 bits per heavy atom. The second-order valence-corrected chi connectivity index (χ2v) is 6.92. The minimum atomic E-state index is -2.03. The molecule has 3 nitrogen and oxygen atoms in total. The Morgan fingerprint density at radius 1 is 0.727 bits per heavy atom. The van der Waals surface area contributed by atoms with Crippen LogP contribution in [0.4, 0.5) is 0 Å². The highest BCUT2D eigenvalue weighted by Crippen LogP contribution is 2.13. The van der Waals surface area contributed by atoms with Gasteiger partial charge in [0, 0.05) is 5.71 Å². The van der Waals surface area contributed by atoms with Gasteiger partial charge in [-0.1, -0.05) is 84.5 Å². The molecule has 0 saturated heterocycles. The van der Waals surface area contributed by atoms with E-state index in [9.17, 15) is 4.21 Å². The first-order valence-electron chi connectivity index (χ1n) is 9.38. The van der Waals surface area contributed by atoms with Gasteiger partial charge in [-0.05, 0) is 25.7 Å². The Hall–Kier alpha value is -0.220. The number of unbranched alkanes of at least 4 members (excludes halogenated alkanes) is 11. The standard InChI is InChI=1S/C18H37NO2S/c1-3-5-7-9-11-13-15-17-18(19-22(20)21)16-14-12-10-8-6-4-2/h3-17H2,1-2H3,(H,20,21). The summed E-state index contributed by atoms with van der Waals surface area (Å²) < 4.78 is 23.8. The van der Waals surface area contributed by atoms with Crippen molar-refractivity contribution >= 4 is 17.0 Å². The molecule has 132 valence electrons. The van der Waals surface area contributed by atoms with Crippen molar-refractivity contribution in [3.05, 3.63) is 0 Å². The zero-order valence-electron chi connectivity index (χ0n) is 14.8. The molecule has 0 bridgehead atoms. The van der Waals surface area contributed by atoms with E-state index in [0.717, 1.165) is 31.4 Å². The molecular weight excluding hydrogens is 294 g/mol. The van der Waals surface area contributed by atoms with E-state index in [1.165, 1.54) is 70.6 Å². The van der Waals surface area contributed by atoms with Crippen LogP contribution in [0.3, 0.4) is 0 Å². The van der Waals surface area contributed by atoms with Crippen LogP contribution in [-0.2, 0) is 11.3 Å². The fourth-order valence-electron chi connectivity index (χ4n) is 2.72. The van der Waals surface area contributed by atoms with E-state index in [-0.39, 0.29) is 0 Å². The Bertz CT molecular complexity index is 293. The molecule has 0 radical (unpaired) electrons. The van der Waals surface area contributed by atoms with E-state index in [2.05, 4.69) is 18.2 Å². The molecule has 22 heavy (non-hydrogen) atoms. The van der Waals surface area contributed by atoms with E-state index in [0.29, 0.717) is 0 Å². The fourth-order valence-corrected chi connectivity index (χ4v) is 3.13. The van der Waals surface area contributed by atoms with Gasteiger partial charge in [0.25, 0.3) is 11.3 Å². The van der Waals surface area contributed by atoms with Gasteiger partial charge in [0.2, 0.25) is 0 Å². The molecular formula is C18H37NO2S. The van der Waals surface area contributed by atoms with Gasteiger partial charge in [0.05, 0.1) is 0 Å². The molecule has 0 amide bonds. The fraction of sp³-hybridized carbons (Fsp3) is 0.944. The third-order valence-electron chi connectivity index (χ3n) is 4.10. The first-order chi connectivity index (χ1) is 10.7. The SMILES string of the molecule is CCCCCCCCCC(CCCCCCCC)=NS(=O)O. The lowest BCUT2D eigenvalue weighted by Gasteiger charge is -2.06. The highest BCUT2D eigenvalue weighted by Gasteiger charge is 2.03. The smallest absolute Gasteiger partial charge is 0.281 e. The summed E-state index contributed by atoms with van der Waals surface area (Å²) in [6, 6.07) is 0. The normalized spacial score (nSPS) is 13.5. The summed E-state index contributed by atoms with van der Waals surface area (Å²) in [6.07, 6.45) is 18.2. The lowest BCUT2D eigenvalue weighted by atomic mass is 10.0. The topological polar surface area (TPSA) is 49.7 Å². The molecule has 1 N–H and O–H groups in total. The van der Waals surface area contributed by atoms with Crippen LogP contribution >= 0.6 is 0 Å². The lowest BCUT2D eigenvalue weighted by molar-refractivity contribution is 0.565. The first-order valence-corrected chi connectivity index (χ1v) is 10.4. The Labute approximate surface area is 140 Å². The van der Waals surface area contributed by atoms with Gasteiger partial charge in [-0.2, -0.15) is 4.40 Å². The van der Waals surface area contributed by atoms with Gasteiger partial charge in [0.1, 0.15) is 0 Å². The molecule has 0 aromatic heterocycles. The van der Waals surface area contributed by atoms with Crippen LogP contribution in [-0.4, -0.2) is 14.5 Å². The molecule has 0 aliphatic heterocycles. The Kier molecular flexibility index (Phi) is 17.0. The van der Waals surface area contributed by atoms with Crippen LogP contribution in [0, 0.1) is 0 Å². The number of hydrogen-bond acceptors (Lipinski definition) is 1. The van der Waals surface area contributed by atoms with E-state index in [1.807, 2.05) is 0 Å². The van der Waals surface area contributed by atoms with Gasteiger partial charge in [0.15, 0.2) is 0 Å². The minimum Gasteiger partial charge on any atom is -0.288 e. The maximum absolute atomic E-state index is 10.9. The van der Waals surface area contributed by atoms with E-state index in [1.54, 1.807) is 0 Å². The average molecular weight is 332 g/mol. The molecule has 0 rings (SSSR count). The van der Waals surface area contributed by atoms with Crippen molar-refractivity contribution in [1.29, 1.82) is 0 Å². The van der Waals surface area contributed by atoms with Gasteiger partial charge < -0.3 is 0 Å². The van der Waals surface area contributed by atoms with Crippen molar-refractivity contribution in [3.63, 3.8) is 0 Å². The summed E-state index contributed by atoms with van der Waals surface area (Å²) in [5, 5.41) is 0. The average Bonchev–Trinajstić information content (AvgIpc) is 2.49. The Morgan fingerprint density at radius 3 is 1.45 bits per heavy atom. The first kappa shape index (κ1) is 21.8. The number of rotatable bonds is 16. The zero-order valence-corrected chi connectivity index (χ0v) is 15.6. The molecule has 0 heterocycles. The molecule has 4 heteroatoms. The van der Waals surface area contributed by atoms with Crippen LogP contribution < -0.4 is 0 Å². The van der Waals surface area contributed by atoms with Gasteiger partial charge in [-0.25, -0.2) is 4.21 Å². The van der Waals surface area contributed by atoms with Crippen LogP contribution in [0.2, 0.25) is 0 Å². The second-order valence-electron chi connectivity index (χ2n) is 6.28. The monoisotopic (exact) mass is 331 g/mol. The molecule has 0 spiro atoms. The van der Waals surface area contributed by atoms with Crippen molar-refractivity contribution in [2.24, 2.45) is 4.40 Å². The molecule has 1 atom stereocenters. The van der Waals surface area contributed by atoms with Crippen LogP contribution in [0.1, 0.15) is 110 Å². The number of hydrogen-bond donors (Lipinski definition) is 1. The molecule has 0 aromatic rings. The third kappa shape index (κ3) is 16.2. The van der Waals surface area contributed by atoms with Gasteiger partial charge in [-0.3, -0.25) is 4.55 Å². The molecule has 0 saturated carbocycles. The summed E-state index contributed by atoms with van der Waals surface area (Å²) in [6.45, 7) is 4.46. The molecule has 0 aliphatic rings. The minimum absolute atomic E-state index is 0.897. The molecule has 0 fully saturated rings. The predicted octanol–water partition coefficient (Wildman–Crippen LogP) is 6.46. The zero-order chi connectivity index (χ0) is 16.5.